The van der Waals surface area contributed by atoms with Gasteiger partial charge in [0.1, 0.15) is 5.82 Å². The van der Waals surface area contributed by atoms with Gasteiger partial charge in [0, 0.05) is 10.7 Å². The molecule has 0 amide bonds. The molecule has 3 aromatic rings. The summed E-state index contributed by atoms with van der Waals surface area (Å²) in [6.07, 6.45) is 1.80. The van der Waals surface area contributed by atoms with Crippen molar-refractivity contribution in [2.45, 2.75) is 13.8 Å². The number of benzene rings is 1. The Kier molecular flexibility index (Phi) is 3.24. The minimum absolute atomic E-state index is 0.816. The molecule has 0 radical (unpaired) electrons. The summed E-state index contributed by atoms with van der Waals surface area (Å²) in [7, 11) is 0. The van der Waals surface area contributed by atoms with E-state index in [0.717, 1.165) is 26.5 Å². The van der Waals surface area contributed by atoms with E-state index < -0.39 is 0 Å². The van der Waals surface area contributed by atoms with E-state index in [2.05, 4.69) is 50.3 Å². The van der Waals surface area contributed by atoms with Gasteiger partial charge in [-0.1, -0.05) is 17.4 Å². The van der Waals surface area contributed by atoms with Gasteiger partial charge in [0.25, 0.3) is 0 Å². The van der Waals surface area contributed by atoms with E-state index in [1.807, 2.05) is 19.1 Å². The summed E-state index contributed by atoms with van der Waals surface area (Å²) in [5.41, 5.74) is 3.42. The Morgan fingerprint density at radius 3 is 2.84 bits per heavy atom. The largest absolute Gasteiger partial charge is 0.316 e. The molecule has 1 aromatic carbocycles. The second kappa shape index (κ2) is 4.90. The van der Waals surface area contributed by atoms with Gasteiger partial charge in [-0.25, -0.2) is 9.97 Å². The van der Waals surface area contributed by atoms with Crippen molar-refractivity contribution in [1.29, 1.82) is 0 Å². The Bertz CT molecular complexity index is 752. The first kappa shape index (κ1) is 12.6. The normalized spacial score (nSPS) is 10.9. The highest BCUT2D eigenvalue weighted by Crippen LogP contribution is 2.29. The number of thiazole rings is 1. The number of hydrogen-bond acceptors (Lipinski definition) is 4. The topological polar surface area (TPSA) is 37.8 Å². The third kappa shape index (κ3) is 2.62. The first-order valence-corrected chi connectivity index (χ1v) is 7.49. The van der Waals surface area contributed by atoms with E-state index in [0.29, 0.717) is 0 Å². The van der Waals surface area contributed by atoms with Crippen LogP contribution in [0.1, 0.15) is 11.1 Å². The maximum absolute atomic E-state index is 4.56. The number of hydrogen-bond donors (Lipinski definition) is 1. The van der Waals surface area contributed by atoms with Gasteiger partial charge in [-0.2, -0.15) is 0 Å². The summed E-state index contributed by atoms with van der Waals surface area (Å²) >= 11 is 5.09. The van der Waals surface area contributed by atoms with Crippen LogP contribution in [0.5, 0.6) is 0 Å². The lowest BCUT2D eigenvalue weighted by Crippen LogP contribution is -1.93. The van der Waals surface area contributed by atoms with Crippen molar-refractivity contribution in [3.05, 3.63) is 46.1 Å². The molecule has 0 aliphatic heterocycles. The summed E-state index contributed by atoms with van der Waals surface area (Å²) in [5.74, 6) is 0.816. The number of pyridine rings is 1. The second-order valence-corrected chi connectivity index (χ2v) is 6.32. The van der Waals surface area contributed by atoms with Crippen molar-refractivity contribution < 1.29 is 0 Å². The molecule has 0 bridgehead atoms. The van der Waals surface area contributed by atoms with Crippen LogP contribution in [0.3, 0.4) is 0 Å². The number of fused-ring (bicyclic) bond motifs is 1. The van der Waals surface area contributed by atoms with E-state index >= 15 is 0 Å². The predicted octanol–water partition coefficient (Wildman–Crippen LogP) is 4.81. The average molecular weight is 334 g/mol. The SMILES string of the molecule is Cc1ccc2nc(Nc3cc(C)c(Br)cn3)sc2c1. The van der Waals surface area contributed by atoms with Crippen LogP contribution < -0.4 is 5.32 Å². The summed E-state index contributed by atoms with van der Waals surface area (Å²) in [6, 6.07) is 8.28. The van der Waals surface area contributed by atoms with Crippen LogP contribution in [0.15, 0.2) is 34.9 Å². The lowest BCUT2D eigenvalue weighted by Gasteiger charge is -2.03. The van der Waals surface area contributed by atoms with Crippen molar-refractivity contribution in [2.75, 3.05) is 5.32 Å². The van der Waals surface area contributed by atoms with Crippen molar-refractivity contribution in [1.82, 2.24) is 9.97 Å². The fraction of sp³-hybridized carbons (Fsp3) is 0.143. The quantitative estimate of drug-likeness (QED) is 0.730. The van der Waals surface area contributed by atoms with E-state index in [9.17, 15) is 0 Å². The number of nitrogens with zero attached hydrogens (tertiary/aromatic N) is 2. The number of aryl methyl sites for hydroxylation is 2. The van der Waals surface area contributed by atoms with Crippen molar-refractivity contribution in [2.24, 2.45) is 0 Å². The standard InChI is InChI=1S/C14H12BrN3S/c1-8-3-4-11-12(5-8)19-14(17-11)18-13-6-9(2)10(15)7-16-13/h3-7H,1-2H3,(H,16,17,18). The second-order valence-electron chi connectivity index (χ2n) is 4.43. The third-order valence-corrected chi connectivity index (χ3v) is 4.59. The Morgan fingerprint density at radius 2 is 2.05 bits per heavy atom. The lowest BCUT2D eigenvalue weighted by atomic mass is 10.2. The fourth-order valence-corrected chi connectivity index (χ4v) is 2.99. The number of rotatable bonds is 2. The Labute approximate surface area is 123 Å². The van der Waals surface area contributed by atoms with Gasteiger partial charge < -0.3 is 5.32 Å². The van der Waals surface area contributed by atoms with Crippen molar-refractivity contribution in [3.8, 4) is 0 Å². The summed E-state index contributed by atoms with van der Waals surface area (Å²) in [5, 5.41) is 4.13. The highest BCUT2D eigenvalue weighted by Gasteiger charge is 2.05. The van der Waals surface area contributed by atoms with Crippen LogP contribution in [-0.4, -0.2) is 9.97 Å². The van der Waals surface area contributed by atoms with Crippen LogP contribution in [0.25, 0.3) is 10.2 Å². The van der Waals surface area contributed by atoms with Crippen LogP contribution in [0, 0.1) is 13.8 Å². The molecule has 3 rings (SSSR count). The summed E-state index contributed by atoms with van der Waals surface area (Å²) in [6.45, 7) is 4.13. The molecule has 2 aromatic heterocycles. The molecule has 2 heterocycles. The smallest absolute Gasteiger partial charge is 0.189 e. The Balaban J connectivity index is 1.94. The minimum atomic E-state index is 0.816. The zero-order chi connectivity index (χ0) is 13.4. The van der Waals surface area contributed by atoms with Gasteiger partial charge in [0.15, 0.2) is 5.13 Å². The Hall–Kier alpha value is -1.46. The molecule has 0 atom stereocenters. The molecule has 5 heteroatoms. The molecule has 1 N–H and O–H groups in total. The molecule has 96 valence electrons. The zero-order valence-electron chi connectivity index (χ0n) is 10.6. The molecule has 0 fully saturated rings. The third-order valence-electron chi connectivity index (χ3n) is 2.83. The molecule has 0 spiro atoms. The Morgan fingerprint density at radius 1 is 1.21 bits per heavy atom. The summed E-state index contributed by atoms with van der Waals surface area (Å²) < 4.78 is 2.20. The lowest BCUT2D eigenvalue weighted by molar-refractivity contribution is 1.24. The molecule has 0 aliphatic rings. The maximum atomic E-state index is 4.56. The van der Waals surface area contributed by atoms with Crippen molar-refractivity contribution in [3.63, 3.8) is 0 Å². The van der Waals surface area contributed by atoms with Crippen LogP contribution >= 0.6 is 27.3 Å². The maximum Gasteiger partial charge on any atom is 0.189 e. The van der Waals surface area contributed by atoms with E-state index in [4.69, 9.17) is 0 Å². The molecule has 0 saturated heterocycles. The van der Waals surface area contributed by atoms with Gasteiger partial charge in [-0.15, -0.1) is 0 Å². The molecule has 0 aliphatic carbocycles. The molecular weight excluding hydrogens is 322 g/mol. The molecule has 19 heavy (non-hydrogen) atoms. The van der Waals surface area contributed by atoms with Crippen molar-refractivity contribution >= 4 is 48.4 Å². The van der Waals surface area contributed by atoms with Gasteiger partial charge in [-0.3, -0.25) is 0 Å². The minimum Gasteiger partial charge on any atom is -0.316 e. The fourth-order valence-electron chi connectivity index (χ4n) is 1.80. The number of halogens is 1. The monoisotopic (exact) mass is 333 g/mol. The van der Waals surface area contributed by atoms with E-state index in [1.165, 1.54) is 10.3 Å². The predicted molar refractivity (Wildman–Crippen MR) is 84.3 cm³/mol. The van der Waals surface area contributed by atoms with Gasteiger partial charge in [-0.05, 0) is 59.1 Å². The van der Waals surface area contributed by atoms with Gasteiger partial charge >= 0.3 is 0 Å². The zero-order valence-corrected chi connectivity index (χ0v) is 13.0. The van der Waals surface area contributed by atoms with E-state index in [-0.39, 0.29) is 0 Å². The highest BCUT2D eigenvalue weighted by molar-refractivity contribution is 9.10. The molecule has 0 unspecified atom stereocenters. The van der Waals surface area contributed by atoms with Crippen LogP contribution in [-0.2, 0) is 0 Å². The van der Waals surface area contributed by atoms with Crippen LogP contribution in [0.4, 0.5) is 10.9 Å². The van der Waals surface area contributed by atoms with E-state index in [1.54, 1.807) is 17.5 Å². The van der Waals surface area contributed by atoms with Gasteiger partial charge in [0.2, 0.25) is 0 Å². The van der Waals surface area contributed by atoms with Crippen LogP contribution in [0.2, 0.25) is 0 Å². The molecule has 0 saturated carbocycles. The number of nitrogens with one attached hydrogen (secondary N) is 1. The number of aromatic nitrogens is 2. The van der Waals surface area contributed by atoms with Gasteiger partial charge in [0.05, 0.1) is 10.2 Å². The first-order valence-electron chi connectivity index (χ1n) is 5.88. The molecular formula is C14H12BrN3S. The first-order chi connectivity index (χ1) is 9.11. The summed E-state index contributed by atoms with van der Waals surface area (Å²) in [4.78, 5) is 8.89. The highest BCUT2D eigenvalue weighted by atomic mass is 79.9. The molecule has 3 nitrogen and oxygen atoms in total. The number of anilines is 2. The average Bonchev–Trinajstić information content (AvgIpc) is 2.75.